The van der Waals surface area contributed by atoms with Crippen LogP contribution >= 0.6 is 15.9 Å². The van der Waals surface area contributed by atoms with Crippen molar-refractivity contribution >= 4 is 61.4 Å². The van der Waals surface area contributed by atoms with Gasteiger partial charge in [0.15, 0.2) is 0 Å². The minimum Gasteiger partial charge on any atom is -0.423 e. The molecule has 0 saturated carbocycles. The average Bonchev–Trinajstić information content (AvgIpc) is 3.07. The number of nitrogen functional groups attached to an aromatic ring is 2. The van der Waals surface area contributed by atoms with Crippen LogP contribution in [0.3, 0.4) is 0 Å². The minimum atomic E-state index is -1.34. The number of anilines is 2. The van der Waals surface area contributed by atoms with E-state index in [-0.39, 0.29) is 5.48 Å². The van der Waals surface area contributed by atoms with Crippen molar-refractivity contribution in [2.45, 2.75) is 6.92 Å². The summed E-state index contributed by atoms with van der Waals surface area (Å²) in [6.45, 7) is 2.08. The Morgan fingerprint density at radius 2 is 0.935 bits per heavy atom. The van der Waals surface area contributed by atoms with Gasteiger partial charge in [-0.1, -0.05) is 167 Å². The monoisotopic (exact) mass is 672 g/mol. The molecule has 0 unspecified atom stereocenters. The van der Waals surface area contributed by atoms with E-state index in [9.17, 15) is 0 Å². The maximum atomic E-state index is 8.58. The van der Waals surface area contributed by atoms with Crippen LogP contribution in [0.2, 0.25) is 0 Å². The van der Waals surface area contributed by atoms with Gasteiger partial charge in [-0.2, -0.15) is 0 Å². The summed E-state index contributed by atoms with van der Waals surface area (Å²) >= 11 is 3.47. The second-order valence-corrected chi connectivity index (χ2v) is 11.1. The van der Waals surface area contributed by atoms with Gasteiger partial charge in [-0.15, -0.1) is 0 Å². The van der Waals surface area contributed by atoms with Crippen LogP contribution in [-0.4, -0.2) is 22.6 Å². The third kappa shape index (κ3) is 10.1. The van der Waals surface area contributed by atoms with Gasteiger partial charge >= 0.3 is 7.12 Å². The number of benzene rings is 7. The molecule has 0 heterocycles. The van der Waals surface area contributed by atoms with Crippen LogP contribution in [-0.2, 0) is 0 Å². The van der Waals surface area contributed by atoms with Crippen molar-refractivity contribution in [2.24, 2.45) is 0 Å². The van der Waals surface area contributed by atoms with E-state index in [4.69, 9.17) is 21.5 Å². The van der Waals surface area contributed by atoms with E-state index in [2.05, 4.69) is 83.5 Å². The topological polar surface area (TPSA) is 124 Å². The quantitative estimate of drug-likeness (QED) is 0.110. The average molecular weight is 673 g/mol. The Balaban J connectivity index is 0.000000175. The van der Waals surface area contributed by atoms with Crippen LogP contribution in [0.1, 0.15) is 5.56 Å². The van der Waals surface area contributed by atoms with Gasteiger partial charge in [0, 0.05) is 26.6 Å². The molecule has 0 fully saturated rings. The molecule has 0 aliphatic carbocycles. The Bertz CT molecular complexity index is 1880. The van der Waals surface area contributed by atoms with Crippen LogP contribution in [0, 0.1) is 6.92 Å². The number of hydrogen-bond donors (Lipinski definition) is 4. The number of fused-ring (bicyclic) bond motifs is 2. The summed E-state index contributed by atoms with van der Waals surface area (Å²) in [5.74, 6) is 0. The normalized spacial score (nSPS) is 9.74. The summed E-state index contributed by atoms with van der Waals surface area (Å²) in [6.07, 6.45) is 0. The highest BCUT2D eigenvalue weighted by atomic mass is 79.9. The predicted molar refractivity (Wildman–Crippen MR) is 201 cm³/mol. The lowest BCUT2D eigenvalue weighted by Crippen LogP contribution is -2.29. The molecule has 7 heteroatoms. The number of aryl methyl sites for hydroxylation is 1. The van der Waals surface area contributed by atoms with Gasteiger partial charge in [0.2, 0.25) is 0 Å². The molecule has 46 heavy (non-hydrogen) atoms. The number of halogens is 1. The fourth-order valence-electron chi connectivity index (χ4n) is 4.71. The molecule has 0 spiro atoms. The van der Waals surface area contributed by atoms with Crippen LogP contribution < -0.4 is 16.9 Å². The van der Waals surface area contributed by atoms with Crippen molar-refractivity contribution in [2.75, 3.05) is 11.5 Å². The lowest BCUT2D eigenvalue weighted by atomic mass is 9.81. The molecule has 0 aromatic heterocycles. The summed E-state index contributed by atoms with van der Waals surface area (Å²) in [4.78, 5) is 0. The smallest absolute Gasteiger partial charge is 0.423 e. The van der Waals surface area contributed by atoms with Gasteiger partial charge in [-0.3, -0.25) is 0 Å². The zero-order valence-electron chi connectivity index (χ0n) is 25.6. The third-order valence-electron chi connectivity index (χ3n) is 6.95. The van der Waals surface area contributed by atoms with E-state index in [1.54, 1.807) is 24.3 Å². The Hall–Kier alpha value is -4.92. The van der Waals surface area contributed by atoms with Crippen LogP contribution in [0.4, 0.5) is 11.4 Å². The molecule has 5 nitrogen and oxygen atoms in total. The minimum absolute atomic E-state index is 0. The van der Waals surface area contributed by atoms with Gasteiger partial charge in [-0.05, 0) is 52.5 Å². The summed E-state index contributed by atoms with van der Waals surface area (Å²) < 4.78 is 1.05. The van der Waals surface area contributed by atoms with Crippen LogP contribution in [0.25, 0.3) is 32.7 Å². The third-order valence-corrected chi connectivity index (χ3v) is 7.61. The first kappa shape index (κ1) is 35.6. The lowest BCUT2D eigenvalue weighted by molar-refractivity contribution is 0.426. The largest absolute Gasteiger partial charge is 0.488 e. The number of hydrogen-bond acceptors (Lipinski definition) is 4. The van der Waals surface area contributed by atoms with E-state index in [1.807, 2.05) is 78.9 Å². The van der Waals surface area contributed by atoms with E-state index >= 15 is 0 Å². The van der Waals surface area contributed by atoms with Gasteiger partial charge in [0.25, 0.3) is 0 Å². The van der Waals surface area contributed by atoms with Gasteiger partial charge in [0.05, 0.1) is 0 Å². The zero-order valence-corrected chi connectivity index (χ0v) is 27.2. The molecule has 0 amide bonds. The Kier molecular flexibility index (Phi) is 14.0. The Morgan fingerprint density at radius 3 is 1.39 bits per heavy atom. The molecular weight excluding hydrogens is 635 g/mol. The molecule has 8 N–H and O–H groups in total. The number of rotatable bonds is 2. The summed E-state index contributed by atoms with van der Waals surface area (Å²) in [6, 6.07) is 53.6. The maximum Gasteiger partial charge on any atom is 0.488 e. The van der Waals surface area contributed by atoms with Crippen molar-refractivity contribution in [1.29, 1.82) is 0 Å². The van der Waals surface area contributed by atoms with Crippen molar-refractivity contribution in [1.82, 2.24) is 0 Å². The second kappa shape index (κ2) is 18.1. The van der Waals surface area contributed by atoms with E-state index in [0.717, 1.165) is 26.6 Å². The van der Waals surface area contributed by atoms with Gasteiger partial charge in [0.1, 0.15) is 0 Å². The van der Waals surface area contributed by atoms with Crippen LogP contribution in [0.5, 0.6) is 0 Å². The fraction of sp³-hybridized carbons (Fsp3) is 0.0256. The van der Waals surface area contributed by atoms with E-state index in [0.29, 0.717) is 5.46 Å². The first-order valence-electron chi connectivity index (χ1n) is 14.5. The molecule has 232 valence electrons. The highest BCUT2D eigenvalue weighted by molar-refractivity contribution is 9.10. The van der Waals surface area contributed by atoms with Gasteiger partial charge in [-0.25, -0.2) is 0 Å². The molecule has 7 rings (SSSR count). The summed E-state index contributed by atoms with van der Waals surface area (Å²) in [7, 11) is -1.34. The molecule has 0 bridgehead atoms. The first-order valence-corrected chi connectivity index (χ1v) is 15.3. The molecule has 7 aromatic carbocycles. The predicted octanol–water partition coefficient (Wildman–Crippen LogP) is 7.81. The Labute approximate surface area is 279 Å². The van der Waals surface area contributed by atoms with E-state index < -0.39 is 7.12 Å². The molecule has 7 aromatic rings. The SMILES string of the molecule is Cc1ccccc1.Nc1cccc2cccc(-c3ccccc3)c12.Nc1cccc2cccc(Br)c12.O.OB(O)c1ccccc1. The zero-order chi connectivity index (χ0) is 32.0. The van der Waals surface area contributed by atoms with E-state index in [1.165, 1.54) is 27.5 Å². The maximum absolute atomic E-state index is 8.58. The van der Waals surface area contributed by atoms with Crippen molar-refractivity contribution in [3.05, 3.63) is 174 Å². The van der Waals surface area contributed by atoms with Crippen LogP contribution in [0.15, 0.2) is 168 Å². The highest BCUT2D eigenvalue weighted by Gasteiger charge is 2.07. The summed E-state index contributed by atoms with van der Waals surface area (Å²) in [5.41, 5.74) is 17.8. The summed E-state index contributed by atoms with van der Waals surface area (Å²) in [5, 5.41) is 21.8. The standard InChI is InChI=1S/C16H13N.C10H8BrN.C7H8.C6H7BO2.H2O/c17-15-11-5-9-13-8-4-10-14(16(13)15)12-6-2-1-3-7-12;11-8-5-1-3-7-4-2-6-9(12)10(7)8;1-7-5-3-2-4-6-7;8-7(9)6-4-2-1-3-5-6;/h1-11H,17H2;1-6H,12H2;2-6H,1H3;1-5,8-9H;1H2. The molecule has 0 aliphatic heterocycles. The fourth-order valence-corrected chi connectivity index (χ4v) is 5.32. The lowest BCUT2D eigenvalue weighted by Gasteiger charge is -2.09. The molecule has 0 saturated heterocycles. The second-order valence-electron chi connectivity index (χ2n) is 10.2. The molecular formula is C39H38BBrN2O3. The Morgan fingerprint density at radius 1 is 0.500 bits per heavy atom. The highest BCUT2D eigenvalue weighted by Crippen LogP contribution is 2.32. The first-order chi connectivity index (χ1) is 21.8. The molecule has 0 radical (unpaired) electrons. The number of nitrogens with two attached hydrogens (primary N) is 2. The van der Waals surface area contributed by atoms with Crippen molar-refractivity contribution in [3.63, 3.8) is 0 Å². The van der Waals surface area contributed by atoms with Gasteiger partial charge < -0.3 is 27.0 Å². The molecule has 0 atom stereocenters. The molecule has 0 aliphatic rings. The van der Waals surface area contributed by atoms with Crippen molar-refractivity contribution < 1.29 is 15.5 Å². The van der Waals surface area contributed by atoms with Crippen molar-refractivity contribution in [3.8, 4) is 11.1 Å².